The highest BCUT2D eigenvalue weighted by Gasteiger charge is 2.25. The van der Waals surface area contributed by atoms with E-state index in [9.17, 15) is 5.26 Å². The first-order valence-electron chi connectivity index (χ1n) is 7.91. The highest BCUT2D eigenvalue weighted by Crippen LogP contribution is 2.14. The second kappa shape index (κ2) is 9.55. The first-order chi connectivity index (χ1) is 10.1. The molecule has 1 aromatic rings. The Bertz CT molecular complexity index is 427. The van der Waals surface area contributed by atoms with Gasteiger partial charge in [-0.25, -0.2) is 0 Å². The lowest BCUT2D eigenvalue weighted by molar-refractivity contribution is 0.0463. The van der Waals surface area contributed by atoms with Gasteiger partial charge < -0.3 is 4.74 Å². The van der Waals surface area contributed by atoms with Gasteiger partial charge in [-0.3, -0.25) is 5.32 Å². The van der Waals surface area contributed by atoms with Gasteiger partial charge in [0, 0.05) is 13.0 Å². The van der Waals surface area contributed by atoms with Gasteiger partial charge in [-0.1, -0.05) is 37.3 Å². The van der Waals surface area contributed by atoms with Crippen molar-refractivity contribution in [3.8, 4) is 6.07 Å². The van der Waals surface area contributed by atoms with Gasteiger partial charge in [0.15, 0.2) is 0 Å². The maximum atomic E-state index is 9.31. The van der Waals surface area contributed by atoms with Crippen LogP contribution in [0.1, 0.15) is 45.6 Å². The molecule has 0 amide bonds. The number of nitrogens with zero attached hydrogens (tertiary/aromatic N) is 1. The second-order valence-electron chi connectivity index (χ2n) is 5.85. The molecule has 0 aliphatic heterocycles. The number of hydrogen-bond donors (Lipinski definition) is 1. The molecule has 1 N–H and O–H groups in total. The summed E-state index contributed by atoms with van der Waals surface area (Å²) in [5.74, 6) is 0. The van der Waals surface area contributed by atoms with Crippen LogP contribution in [-0.4, -0.2) is 24.8 Å². The van der Waals surface area contributed by atoms with Gasteiger partial charge in [0.2, 0.25) is 0 Å². The molecule has 0 aliphatic carbocycles. The van der Waals surface area contributed by atoms with Crippen molar-refractivity contribution in [2.24, 2.45) is 0 Å². The molecule has 21 heavy (non-hydrogen) atoms. The van der Waals surface area contributed by atoms with Crippen molar-refractivity contribution in [2.75, 3.05) is 13.2 Å². The van der Waals surface area contributed by atoms with E-state index in [-0.39, 0.29) is 6.10 Å². The third kappa shape index (κ3) is 7.27. The van der Waals surface area contributed by atoms with Crippen molar-refractivity contribution in [1.29, 1.82) is 5.26 Å². The quantitative estimate of drug-likeness (QED) is 0.668. The first kappa shape index (κ1) is 17.7. The van der Waals surface area contributed by atoms with E-state index in [1.807, 2.05) is 19.9 Å². The van der Waals surface area contributed by atoms with Crippen LogP contribution in [-0.2, 0) is 11.2 Å². The molecule has 0 radical (unpaired) electrons. The number of aryl methyl sites for hydroxylation is 1. The maximum Gasteiger partial charge on any atom is 0.106 e. The predicted octanol–water partition coefficient (Wildman–Crippen LogP) is 3.70. The summed E-state index contributed by atoms with van der Waals surface area (Å²) >= 11 is 0. The molecule has 0 aromatic heterocycles. The van der Waals surface area contributed by atoms with Crippen LogP contribution in [0.15, 0.2) is 30.3 Å². The van der Waals surface area contributed by atoms with Crippen LogP contribution >= 0.6 is 0 Å². The Labute approximate surface area is 129 Å². The van der Waals surface area contributed by atoms with Crippen molar-refractivity contribution in [1.82, 2.24) is 5.32 Å². The number of nitrogens with one attached hydrogen (secondary N) is 1. The number of benzene rings is 1. The summed E-state index contributed by atoms with van der Waals surface area (Å²) in [5.41, 5.74) is 0.856. The fourth-order valence-corrected chi connectivity index (χ4v) is 2.40. The van der Waals surface area contributed by atoms with Gasteiger partial charge in [0.25, 0.3) is 0 Å². The highest BCUT2D eigenvalue weighted by molar-refractivity contribution is 5.14. The van der Waals surface area contributed by atoms with E-state index in [1.165, 1.54) is 5.56 Å². The lowest BCUT2D eigenvalue weighted by Gasteiger charge is -2.26. The van der Waals surface area contributed by atoms with E-state index in [2.05, 4.69) is 42.6 Å². The van der Waals surface area contributed by atoms with Crippen LogP contribution in [0.3, 0.4) is 0 Å². The number of ether oxygens (including phenoxy) is 1. The van der Waals surface area contributed by atoms with Crippen LogP contribution in [0.5, 0.6) is 0 Å². The van der Waals surface area contributed by atoms with Gasteiger partial charge >= 0.3 is 0 Å². The normalized spacial score (nSPS) is 15.1. The minimum absolute atomic E-state index is 0.0924. The lowest BCUT2D eigenvalue weighted by Crippen LogP contribution is -2.44. The molecule has 3 nitrogen and oxygen atoms in total. The van der Waals surface area contributed by atoms with Gasteiger partial charge in [0.05, 0.1) is 12.2 Å². The van der Waals surface area contributed by atoms with E-state index in [0.29, 0.717) is 0 Å². The summed E-state index contributed by atoms with van der Waals surface area (Å²) in [6.45, 7) is 7.71. The predicted molar refractivity (Wildman–Crippen MR) is 87.1 cm³/mol. The van der Waals surface area contributed by atoms with Gasteiger partial charge in [0.1, 0.15) is 5.54 Å². The van der Waals surface area contributed by atoms with E-state index in [0.717, 1.165) is 38.8 Å². The van der Waals surface area contributed by atoms with Gasteiger partial charge in [-0.2, -0.15) is 5.26 Å². The third-order valence-electron chi connectivity index (χ3n) is 3.56. The molecular weight excluding hydrogens is 260 g/mol. The average molecular weight is 288 g/mol. The summed E-state index contributed by atoms with van der Waals surface area (Å²) in [6.07, 6.45) is 3.89. The van der Waals surface area contributed by atoms with Crippen LogP contribution < -0.4 is 5.32 Å². The molecule has 3 heteroatoms. The second-order valence-corrected chi connectivity index (χ2v) is 5.85. The molecule has 0 saturated carbocycles. The topological polar surface area (TPSA) is 45.0 Å². The summed E-state index contributed by atoms with van der Waals surface area (Å²) in [6, 6.07) is 12.8. The summed E-state index contributed by atoms with van der Waals surface area (Å²) < 4.78 is 5.85. The van der Waals surface area contributed by atoms with Crippen molar-refractivity contribution >= 4 is 0 Å². The summed E-state index contributed by atoms with van der Waals surface area (Å²) in [7, 11) is 0. The molecule has 0 heterocycles. The zero-order chi connectivity index (χ0) is 15.6. The van der Waals surface area contributed by atoms with Crippen molar-refractivity contribution in [2.45, 2.75) is 58.1 Å². The van der Waals surface area contributed by atoms with Crippen LogP contribution in [0.25, 0.3) is 0 Å². The molecule has 0 fully saturated rings. The zero-order valence-electron chi connectivity index (χ0n) is 13.6. The Hall–Kier alpha value is -1.37. The Kier molecular flexibility index (Phi) is 8.04. The first-order valence-corrected chi connectivity index (χ1v) is 7.91. The third-order valence-corrected chi connectivity index (χ3v) is 3.56. The molecule has 0 saturated heterocycles. The van der Waals surface area contributed by atoms with E-state index < -0.39 is 5.54 Å². The van der Waals surface area contributed by atoms with Crippen molar-refractivity contribution in [3.63, 3.8) is 0 Å². The SMILES string of the molecule is CCCNC(C)(C#N)CC(C)OCCCc1ccccc1. The Morgan fingerprint density at radius 2 is 2.05 bits per heavy atom. The molecule has 2 atom stereocenters. The summed E-state index contributed by atoms with van der Waals surface area (Å²) in [5, 5.41) is 12.6. The average Bonchev–Trinajstić information content (AvgIpc) is 2.50. The maximum absolute atomic E-state index is 9.31. The van der Waals surface area contributed by atoms with Crippen LogP contribution in [0.2, 0.25) is 0 Å². The Balaban J connectivity index is 2.24. The molecule has 1 aromatic carbocycles. The Morgan fingerprint density at radius 1 is 1.33 bits per heavy atom. The molecule has 0 aliphatic rings. The monoisotopic (exact) mass is 288 g/mol. The number of hydrogen-bond acceptors (Lipinski definition) is 3. The van der Waals surface area contributed by atoms with E-state index in [1.54, 1.807) is 0 Å². The van der Waals surface area contributed by atoms with Crippen LogP contribution in [0.4, 0.5) is 0 Å². The largest absolute Gasteiger partial charge is 0.378 e. The van der Waals surface area contributed by atoms with Crippen LogP contribution in [0, 0.1) is 11.3 Å². The summed E-state index contributed by atoms with van der Waals surface area (Å²) in [4.78, 5) is 0. The van der Waals surface area contributed by atoms with Crippen molar-refractivity contribution < 1.29 is 4.74 Å². The minimum atomic E-state index is -0.491. The smallest absolute Gasteiger partial charge is 0.106 e. The van der Waals surface area contributed by atoms with E-state index in [4.69, 9.17) is 4.74 Å². The molecule has 0 spiro atoms. The van der Waals surface area contributed by atoms with Crippen molar-refractivity contribution in [3.05, 3.63) is 35.9 Å². The molecule has 116 valence electrons. The van der Waals surface area contributed by atoms with E-state index >= 15 is 0 Å². The number of nitriles is 1. The molecular formula is C18H28N2O. The number of rotatable bonds is 10. The lowest BCUT2D eigenvalue weighted by atomic mass is 9.96. The standard InChI is InChI=1S/C18H28N2O/c1-4-12-20-18(3,15-19)14-16(2)21-13-8-11-17-9-6-5-7-10-17/h5-7,9-10,16,20H,4,8,11-14H2,1-3H3. The molecule has 1 rings (SSSR count). The Morgan fingerprint density at radius 3 is 2.67 bits per heavy atom. The fourth-order valence-electron chi connectivity index (χ4n) is 2.40. The zero-order valence-corrected chi connectivity index (χ0v) is 13.6. The van der Waals surface area contributed by atoms with Gasteiger partial charge in [-0.15, -0.1) is 0 Å². The fraction of sp³-hybridized carbons (Fsp3) is 0.611. The minimum Gasteiger partial charge on any atom is -0.378 e. The van der Waals surface area contributed by atoms with Gasteiger partial charge in [-0.05, 0) is 45.2 Å². The molecule has 2 unspecified atom stereocenters. The molecule has 0 bridgehead atoms. The highest BCUT2D eigenvalue weighted by atomic mass is 16.5.